The van der Waals surface area contributed by atoms with Crippen LogP contribution in [-0.4, -0.2) is 41.6 Å². The number of carbonyl (C=O) groups is 1. The topological polar surface area (TPSA) is 94.8 Å². The van der Waals surface area contributed by atoms with Gasteiger partial charge in [0.1, 0.15) is 11.5 Å². The minimum Gasteiger partial charge on any atom is -0.497 e. The summed E-state index contributed by atoms with van der Waals surface area (Å²) in [5.41, 5.74) is 4.27. The fourth-order valence-corrected chi connectivity index (χ4v) is 4.04. The van der Waals surface area contributed by atoms with Gasteiger partial charge in [0.15, 0.2) is 5.16 Å². The lowest BCUT2D eigenvalue weighted by Gasteiger charge is -2.13. The van der Waals surface area contributed by atoms with Gasteiger partial charge in [-0.3, -0.25) is 14.2 Å². The number of hydrogen-bond donors (Lipinski definition) is 1. The minimum atomic E-state index is -0.326. The molecule has 172 valence electrons. The third-order valence-corrected chi connectivity index (χ3v) is 5.84. The number of amides is 1. The average Bonchev–Trinajstić information content (AvgIpc) is 2.88. The van der Waals surface area contributed by atoms with Crippen LogP contribution in [-0.2, 0) is 4.79 Å². The summed E-state index contributed by atoms with van der Waals surface area (Å²) in [5.74, 6) is 1.07. The Labute approximate surface area is 200 Å². The van der Waals surface area contributed by atoms with E-state index in [9.17, 15) is 9.59 Å². The monoisotopic (exact) mass is 474 g/mol. The van der Waals surface area contributed by atoms with E-state index in [2.05, 4.69) is 15.5 Å². The number of ether oxygens (including phenoxy) is 2. The van der Waals surface area contributed by atoms with Gasteiger partial charge in [0, 0.05) is 0 Å². The van der Waals surface area contributed by atoms with Crippen LogP contribution in [0.2, 0.25) is 0 Å². The SMILES string of the molecule is COc1ccc(-n2c(SCC(=O)NN=Cc3cccc(OC)c3)nc3ccccc3c2=O)cc1. The van der Waals surface area contributed by atoms with Crippen molar-refractivity contribution in [2.45, 2.75) is 5.16 Å². The normalized spacial score (nSPS) is 11.0. The highest BCUT2D eigenvalue weighted by Gasteiger charge is 2.15. The summed E-state index contributed by atoms with van der Waals surface area (Å²) in [6.45, 7) is 0. The first-order chi connectivity index (χ1) is 16.6. The van der Waals surface area contributed by atoms with Crippen molar-refractivity contribution in [2.75, 3.05) is 20.0 Å². The van der Waals surface area contributed by atoms with Crippen molar-refractivity contribution >= 4 is 34.8 Å². The number of aromatic nitrogens is 2. The van der Waals surface area contributed by atoms with Crippen LogP contribution < -0.4 is 20.5 Å². The Bertz CT molecular complexity index is 1400. The molecule has 4 aromatic rings. The summed E-state index contributed by atoms with van der Waals surface area (Å²) < 4.78 is 11.9. The molecule has 0 bridgehead atoms. The van der Waals surface area contributed by atoms with Crippen molar-refractivity contribution in [1.82, 2.24) is 15.0 Å². The van der Waals surface area contributed by atoms with Crippen LogP contribution in [0.3, 0.4) is 0 Å². The number of nitrogens with zero attached hydrogens (tertiary/aromatic N) is 3. The summed E-state index contributed by atoms with van der Waals surface area (Å²) in [6.07, 6.45) is 1.53. The molecule has 4 rings (SSSR count). The highest BCUT2D eigenvalue weighted by Crippen LogP contribution is 2.22. The summed E-state index contributed by atoms with van der Waals surface area (Å²) >= 11 is 1.16. The molecule has 0 saturated heterocycles. The van der Waals surface area contributed by atoms with Crippen molar-refractivity contribution < 1.29 is 14.3 Å². The first kappa shape index (κ1) is 23.1. The van der Waals surface area contributed by atoms with Gasteiger partial charge >= 0.3 is 0 Å². The molecule has 0 saturated carbocycles. The molecule has 3 aromatic carbocycles. The molecular formula is C25H22N4O4S. The maximum Gasteiger partial charge on any atom is 0.266 e. The van der Waals surface area contributed by atoms with E-state index in [1.807, 2.05) is 24.3 Å². The molecule has 0 radical (unpaired) electrons. The second-order valence-corrected chi connectivity index (χ2v) is 8.05. The molecule has 1 N–H and O–H groups in total. The molecule has 9 heteroatoms. The molecule has 1 aromatic heterocycles. The quantitative estimate of drug-likeness (QED) is 0.181. The highest BCUT2D eigenvalue weighted by atomic mass is 32.2. The molecule has 34 heavy (non-hydrogen) atoms. The van der Waals surface area contributed by atoms with Gasteiger partial charge in [0.05, 0.1) is 42.8 Å². The number of nitrogens with one attached hydrogen (secondary N) is 1. The first-order valence-electron chi connectivity index (χ1n) is 10.3. The van der Waals surface area contributed by atoms with E-state index in [1.165, 1.54) is 10.8 Å². The molecule has 0 unspecified atom stereocenters. The third kappa shape index (κ3) is 5.26. The zero-order valence-corrected chi connectivity index (χ0v) is 19.4. The number of fused-ring (bicyclic) bond motifs is 1. The number of hydrazone groups is 1. The van der Waals surface area contributed by atoms with E-state index in [-0.39, 0.29) is 17.2 Å². The molecule has 0 spiro atoms. The van der Waals surface area contributed by atoms with Crippen molar-refractivity contribution in [3.05, 3.63) is 88.7 Å². The number of para-hydroxylation sites is 1. The van der Waals surface area contributed by atoms with Crippen LogP contribution in [0.4, 0.5) is 0 Å². The van der Waals surface area contributed by atoms with Crippen molar-refractivity contribution in [3.63, 3.8) is 0 Å². The van der Waals surface area contributed by atoms with Gasteiger partial charge in [-0.15, -0.1) is 0 Å². The fraction of sp³-hybridized carbons (Fsp3) is 0.120. The van der Waals surface area contributed by atoms with Crippen LogP contribution in [0.1, 0.15) is 5.56 Å². The lowest BCUT2D eigenvalue weighted by Crippen LogP contribution is -2.24. The van der Waals surface area contributed by atoms with Crippen LogP contribution in [0.25, 0.3) is 16.6 Å². The van der Waals surface area contributed by atoms with Crippen LogP contribution in [0.15, 0.2) is 87.8 Å². The number of carbonyl (C=O) groups excluding carboxylic acids is 1. The molecule has 0 aliphatic carbocycles. The third-order valence-electron chi connectivity index (χ3n) is 4.90. The number of benzene rings is 3. The first-order valence-corrected chi connectivity index (χ1v) is 11.3. The molecule has 1 heterocycles. The molecule has 0 aliphatic rings. The fourth-order valence-electron chi connectivity index (χ4n) is 3.23. The molecule has 0 aliphatic heterocycles. The largest absolute Gasteiger partial charge is 0.497 e. The molecular weight excluding hydrogens is 452 g/mol. The number of methoxy groups -OCH3 is 2. The number of hydrogen-bond acceptors (Lipinski definition) is 7. The van der Waals surface area contributed by atoms with E-state index in [4.69, 9.17) is 9.47 Å². The Kier molecular flexibility index (Phi) is 7.24. The molecule has 0 atom stereocenters. The summed E-state index contributed by atoms with van der Waals surface area (Å²) in [7, 11) is 3.16. The lowest BCUT2D eigenvalue weighted by atomic mass is 10.2. The Hall–Kier alpha value is -4.11. The number of rotatable bonds is 8. The molecule has 0 fully saturated rings. The van der Waals surface area contributed by atoms with Crippen LogP contribution in [0.5, 0.6) is 11.5 Å². The second-order valence-electron chi connectivity index (χ2n) is 7.11. The Morgan fingerprint density at radius 1 is 1.03 bits per heavy atom. The van der Waals surface area contributed by atoms with Crippen LogP contribution in [0, 0.1) is 0 Å². The Balaban J connectivity index is 1.55. The average molecular weight is 475 g/mol. The highest BCUT2D eigenvalue weighted by molar-refractivity contribution is 7.99. The maximum atomic E-state index is 13.3. The van der Waals surface area contributed by atoms with E-state index in [0.717, 1.165) is 17.3 Å². The van der Waals surface area contributed by atoms with E-state index >= 15 is 0 Å². The summed E-state index contributed by atoms with van der Waals surface area (Å²) in [5, 5.41) is 4.90. The van der Waals surface area contributed by atoms with E-state index < -0.39 is 0 Å². The molecule has 1 amide bonds. The lowest BCUT2D eigenvalue weighted by molar-refractivity contribution is -0.118. The van der Waals surface area contributed by atoms with Gasteiger partial charge in [-0.1, -0.05) is 36.0 Å². The van der Waals surface area contributed by atoms with Gasteiger partial charge in [0.2, 0.25) is 0 Å². The predicted molar refractivity (Wildman–Crippen MR) is 133 cm³/mol. The summed E-state index contributed by atoms with van der Waals surface area (Å²) in [6, 6.07) is 21.5. The minimum absolute atomic E-state index is 0.0242. The molecule has 8 nitrogen and oxygen atoms in total. The van der Waals surface area contributed by atoms with Crippen LogP contribution >= 0.6 is 11.8 Å². The van der Waals surface area contributed by atoms with Crippen molar-refractivity contribution in [2.24, 2.45) is 5.10 Å². The predicted octanol–water partition coefficient (Wildman–Crippen LogP) is 3.65. The van der Waals surface area contributed by atoms with Gasteiger partial charge in [-0.25, -0.2) is 10.4 Å². The van der Waals surface area contributed by atoms with Gasteiger partial charge in [-0.05, 0) is 54.1 Å². The zero-order chi connectivity index (χ0) is 23.9. The standard InChI is InChI=1S/C25H22N4O4S/c1-32-19-12-10-18(11-13-19)29-24(31)21-8-3-4-9-22(21)27-25(29)34-16-23(30)28-26-15-17-6-5-7-20(14-17)33-2/h3-15H,16H2,1-2H3,(H,28,30). The van der Waals surface area contributed by atoms with Crippen molar-refractivity contribution in [1.29, 1.82) is 0 Å². The van der Waals surface area contributed by atoms with Gasteiger partial charge < -0.3 is 9.47 Å². The van der Waals surface area contributed by atoms with Gasteiger partial charge in [-0.2, -0.15) is 5.10 Å². The van der Waals surface area contributed by atoms with E-state index in [1.54, 1.807) is 62.8 Å². The van der Waals surface area contributed by atoms with E-state index in [0.29, 0.717) is 33.2 Å². The summed E-state index contributed by atoms with van der Waals surface area (Å²) in [4.78, 5) is 30.3. The van der Waals surface area contributed by atoms with Crippen molar-refractivity contribution in [3.8, 4) is 17.2 Å². The Morgan fingerprint density at radius 3 is 2.56 bits per heavy atom. The maximum absolute atomic E-state index is 13.3. The van der Waals surface area contributed by atoms with Gasteiger partial charge in [0.25, 0.3) is 11.5 Å². The Morgan fingerprint density at radius 2 is 1.79 bits per heavy atom. The number of thioether (sulfide) groups is 1. The second kappa shape index (κ2) is 10.7. The smallest absolute Gasteiger partial charge is 0.266 e. The zero-order valence-electron chi connectivity index (χ0n) is 18.6.